The average molecular weight is 426 g/mol. The minimum Gasteiger partial charge on any atom is -0.493 e. The standard InChI is InChI=1S/C25H22N4O3/c1-16(30)28-24-13-21(9-10-26-24)32-20-7-8-23-18(12-20)11-19(15-31-23)25-27-14-22(29-25)17-5-3-2-4-6-17/h2-10,12-14,19H,11,15H2,1H3,(H,27,29)(H,26,28,30)/t19-/m0/s1. The highest BCUT2D eigenvalue weighted by atomic mass is 16.5. The van der Waals surface area contributed by atoms with Crippen LogP contribution in [-0.4, -0.2) is 27.5 Å². The number of aromatic amines is 1. The molecule has 0 saturated carbocycles. The number of nitrogens with zero attached hydrogens (tertiary/aromatic N) is 2. The second kappa shape index (κ2) is 8.55. The number of anilines is 1. The summed E-state index contributed by atoms with van der Waals surface area (Å²) < 4.78 is 12.0. The summed E-state index contributed by atoms with van der Waals surface area (Å²) in [4.78, 5) is 23.5. The first-order valence-electron chi connectivity index (χ1n) is 10.4. The smallest absolute Gasteiger partial charge is 0.222 e. The Balaban J connectivity index is 1.32. The molecule has 1 amide bonds. The molecule has 0 aliphatic carbocycles. The third-order valence-corrected chi connectivity index (χ3v) is 5.26. The zero-order valence-corrected chi connectivity index (χ0v) is 17.5. The van der Waals surface area contributed by atoms with Crippen LogP contribution in [0.3, 0.4) is 0 Å². The highest BCUT2D eigenvalue weighted by molar-refractivity contribution is 5.87. The van der Waals surface area contributed by atoms with Gasteiger partial charge in [0.05, 0.1) is 18.2 Å². The van der Waals surface area contributed by atoms with Gasteiger partial charge in [0.2, 0.25) is 5.91 Å². The van der Waals surface area contributed by atoms with Crippen LogP contribution in [0.4, 0.5) is 5.82 Å². The van der Waals surface area contributed by atoms with Crippen molar-refractivity contribution >= 4 is 11.7 Å². The Kier molecular flexibility index (Phi) is 5.29. The van der Waals surface area contributed by atoms with Crippen LogP contribution < -0.4 is 14.8 Å². The SMILES string of the molecule is CC(=O)Nc1cc(Oc2ccc3c(c2)C[C@H](c2nc(-c4ccccc4)c[nH]2)CO3)ccn1. The maximum Gasteiger partial charge on any atom is 0.222 e. The van der Waals surface area contributed by atoms with Gasteiger partial charge >= 0.3 is 0 Å². The summed E-state index contributed by atoms with van der Waals surface area (Å²) in [6.45, 7) is 2.01. The molecule has 0 saturated heterocycles. The minimum atomic E-state index is -0.181. The van der Waals surface area contributed by atoms with Crippen LogP contribution in [0.15, 0.2) is 73.1 Å². The number of pyridine rings is 1. The van der Waals surface area contributed by atoms with Crippen molar-refractivity contribution < 1.29 is 14.3 Å². The Morgan fingerprint density at radius 3 is 2.81 bits per heavy atom. The van der Waals surface area contributed by atoms with Crippen molar-refractivity contribution in [3.05, 3.63) is 84.4 Å². The van der Waals surface area contributed by atoms with Gasteiger partial charge in [0, 0.05) is 30.9 Å². The lowest BCUT2D eigenvalue weighted by Crippen LogP contribution is -2.20. The first-order valence-corrected chi connectivity index (χ1v) is 10.4. The predicted octanol–water partition coefficient (Wildman–Crippen LogP) is 4.94. The number of hydrogen-bond acceptors (Lipinski definition) is 5. The third kappa shape index (κ3) is 4.32. The van der Waals surface area contributed by atoms with Crippen molar-refractivity contribution in [3.63, 3.8) is 0 Å². The van der Waals surface area contributed by atoms with Gasteiger partial charge in [-0.2, -0.15) is 0 Å². The molecule has 5 rings (SSSR count). The monoisotopic (exact) mass is 426 g/mol. The van der Waals surface area contributed by atoms with Gasteiger partial charge in [-0.25, -0.2) is 9.97 Å². The lowest BCUT2D eigenvalue weighted by Gasteiger charge is -2.24. The van der Waals surface area contributed by atoms with Gasteiger partial charge in [-0.05, 0) is 36.2 Å². The summed E-state index contributed by atoms with van der Waals surface area (Å²) >= 11 is 0. The number of fused-ring (bicyclic) bond motifs is 1. The maximum atomic E-state index is 11.3. The number of benzene rings is 2. The number of nitrogens with one attached hydrogen (secondary N) is 2. The molecule has 2 aromatic carbocycles. The molecule has 1 aliphatic heterocycles. The molecular formula is C25H22N4O3. The number of carbonyl (C=O) groups excluding carboxylic acids is 1. The summed E-state index contributed by atoms with van der Waals surface area (Å²) in [5, 5.41) is 2.66. The lowest BCUT2D eigenvalue weighted by molar-refractivity contribution is -0.114. The van der Waals surface area contributed by atoms with E-state index in [2.05, 4.69) is 15.3 Å². The molecule has 0 spiro atoms. The lowest BCUT2D eigenvalue weighted by atomic mass is 9.96. The summed E-state index contributed by atoms with van der Waals surface area (Å²) in [6, 6.07) is 19.3. The molecule has 160 valence electrons. The molecule has 2 N–H and O–H groups in total. The van der Waals surface area contributed by atoms with Crippen molar-refractivity contribution in [3.8, 4) is 28.5 Å². The molecule has 7 nitrogen and oxygen atoms in total. The second-order valence-corrected chi connectivity index (χ2v) is 7.68. The largest absolute Gasteiger partial charge is 0.493 e. The van der Waals surface area contributed by atoms with Gasteiger partial charge in [-0.1, -0.05) is 30.3 Å². The van der Waals surface area contributed by atoms with Crippen molar-refractivity contribution in [2.24, 2.45) is 0 Å². The van der Waals surface area contributed by atoms with E-state index < -0.39 is 0 Å². The fraction of sp³-hybridized carbons (Fsp3) is 0.160. The van der Waals surface area contributed by atoms with Crippen LogP contribution >= 0.6 is 0 Å². The summed E-state index contributed by atoms with van der Waals surface area (Å²) in [5.74, 6) is 3.45. The number of H-pyrrole nitrogens is 1. The molecule has 0 bridgehead atoms. The van der Waals surface area contributed by atoms with E-state index in [-0.39, 0.29) is 11.8 Å². The highest BCUT2D eigenvalue weighted by Gasteiger charge is 2.24. The molecule has 0 radical (unpaired) electrons. The third-order valence-electron chi connectivity index (χ3n) is 5.26. The normalized spacial score (nSPS) is 14.8. The van der Waals surface area contributed by atoms with Crippen molar-refractivity contribution in [1.82, 2.24) is 15.0 Å². The number of carbonyl (C=O) groups is 1. The van der Waals surface area contributed by atoms with Gasteiger partial charge in [0.25, 0.3) is 0 Å². The van der Waals surface area contributed by atoms with E-state index >= 15 is 0 Å². The Hall–Kier alpha value is -4.13. The molecule has 0 fully saturated rings. The van der Waals surface area contributed by atoms with Crippen LogP contribution in [-0.2, 0) is 11.2 Å². The molecule has 1 atom stereocenters. The number of rotatable bonds is 5. The fourth-order valence-corrected chi connectivity index (χ4v) is 3.77. The van der Waals surface area contributed by atoms with Gasteiger partial charge < -0.3 is 19.8 Å². The summed E-state index contributed by atoms with van der Waals surface area (Å²) in [6.07, 6.45) is 4.33. The van der Waals surface area contributed by atoms with Crippen LogP contribution in [0.2, 0.25) is 0 Å². The van der Waals surface area contributed by atoms with Crippen molar-refractivity contribution in [1.29, 1.82) is 0 Å². The van der Waals surface area contributed by atoms with E-state index in [4.69, 9.17) is 14.5 Å². The minimum absolute atomic E-state index is 0.127. The molecule has 7 heteroatoms. The van der Waals surface area contributed by atoms with Gasteiger partial charge in [-0.3, -0.25) is 4.79 Å². The van der Waals surface area contributed by atoms with E-state index in [0.717, 1.165) is 34.8 Å². The fourth-order valence-electron chi connectivity index (χ4n) is 3.77. The van der Waals surface area contributed by atoms with E-state index in [1.54, 1.807) is 18.3 Å². The van der Waals surface area contributed by atoms with Crippen LogP contribution in [0.25, 0.3) is 11.3 Å². The zero-order valence-electron chi connectivity index (χ0n) is 17.5. The molecule has 3 heterocycles. The molecule has 4 aromatic rings. The van der Waals surface area contributed by atoms with E-state index in [1.807, 2.05) is 54.7 Å². The Morgan fingerprint density at radius 2 is 1.97 bits per heavy atom. The Morgan fingerprint density at radius 1 is 1.12 bits per heavy atom. The Labute approximate surface area is 185 Å². The Bertz CT molecular complexity index is 1250. The molecule has 32 heavy (non-hydrogen) atoms. The molecule has 1 aliphatic rings. The number of aromatic nitrogens is 3. The zero-order chi connectivity index (χ0) is 21.9. The van der Waals surface area contributed by atoms with Crippen molar-refractivity contribution in [2.45, 2.75) is 19.3 Å². The number of imidazole rings is 1. The summed E-state index contributed by atoms with van der Waals surface area (Å²) in [5.41, 5.74) is 3.07. The maximum absolute atomic E-state index is 11.3. The quantitative estimate of drug-likeness (QED) is 0.472. The molecular weight excluding hydrogens is 404 g/mol. The number of amides is 1. The first-order chi connectivity index (χ1) is 15.6. The van der Waals surface area contributed by atoms with E-state index in [1.165, 1.54) is 6.92 Å². The second-order valence-electron chi connectivity index (χ2n) is 7.68. The molecule has 0 unspecified atom stereocenters. The van der Waals surface area contributed by atoms with E-state index in [0.29, 0.717) is 23.9 Å². The van der Waals surface area contributed by atoms with Gasteiger partial charge in [0.1, 0.15) is 28.9 Å². The topological polar surface area (TPSA) is 89.1 Å². The van der Waals surface area contributed by atoms with Crippen LogP contribution in [0, 0.1) is 0 Å². The first kappa shape index (κ1) is 19.8. The van der Waals surface area contributed by atoms with Gasteiger partial charge in [0.15, 0.2) is 0 Å². The van der Waals surface area contributed by atoms with Gasteiger partial charge in [-0.15, -0.1) is 0 Å². The van der Waals surface area contributed by atoms with Crippen LogP contribution in [0.1, 0.15) is 24.2 Å². The highest BCUT2D eigenvalue weighted by Crippen LogP contribution is 2.35. The predicted molar refractivity (Wildman–Crippen MR) is 121 cm³/mol. The summed E-state index contributed by atoms with van der Waals surface area (Å²) in [7, 11) is 0. The van der Waals surface area contributed by atoms with Crippen LogP contribution in [0.5, 0.6) is 17.2 Å². The number of ether oxygens (including phenoxy) is 2. The van der Waals surface area contributed by atoms with E-state index in [9.17, 15) is 4.79 Å². The van der Waals surface area contributed by atoms with Crippen molar-refractivity contribution in [2.75, 3.05) is 11.9 Å². The molecule has 2 aromatic heterocycles. The average Bonchev–Trinajstić information content (AvgIpc) is 3.29. The number of hydrogen-bond donors (Lipinski definition) is 2.